The molecule has 0 atom stereocenters. The van der Waals surface area contributed by atoms with Crippen molar-refractivity contribution in [3.8, 4) is 0 Å². The summed E-state index contributed by atoms with van der Waals surface area (Å²) in [5.74, 6) is -1.61. The van der Waals surface area contributed by atoms with Crippen molar-refractivity contribution in [1.29, 1.82) is 0 Å². The quantitative estimate of drug-likeness (QED) is 0.573. The first kappa shape index (κ1) is 16.2. The average molecular weight is 398 g/mol. The minimum absolute atomic E-state index is 0.162. The van der Waals surface area contributed by atoms with Crippen molar-refractivity contribution in [3.05, 3.63) is 53.2 Å². The van der Waals surface area contributed by atoms with E-state index in [1.165, 1.54) is 21.9 Å². The van der Waals surface area contributed by atoms with Gasteiger partial charge in [0.15, 0.2) is 0 Å². The van der Waals surface area contributed by atoms with E-state index in [0.717, 1.165) is 0 Å². The van der Waals surface area contributed by atoms with Gasteiger partial charge in [0.25, 0.3) is 0 Å². The first-order valence-corrected chi connectivity index (χ1v) is 16.8. The number of carbonyl (C=O) groups excluding carboxylic acids is 1. The number of hydrogen-bond acceptors (Lipinski definition) is 1. The summed E-state index contributed by atoms with van der Waals surface area (Å²) in [6.07, 6.45) is -0.255. The molecule has 0 amide bonds. The van der Waals surface area contributed by atoms with Crippen molar-refractivity contribution in [2.45, 2.75) is 21.2 Å². The Balaban J connectivity index is 2.32. The number of benzene rings is 1. The summed E-state index contributed by atoms with van der Waals surface area (Å²) in [4.78, 5) is 19.1. The molecular weight excluding hydrogens is 379 g/mol. The van der Waals surface area contributed by atoms with Crippen molar-refractivity contribution in [2.75, 3.05) is 0 Å². The van der Waals surface area contributed by atoms with Crippen molar-refractivity contribution >= 4 is 27.9 Å². The number of rotatable bonds is 4. The standard InChI is InChI=1S/C13H10F2NO.3CH3.Sn/c1-16-7-3-6-12(16)13(17)8-9-10(14)4-2-5-11(9)15;;;;/h2-6H,8H2,1H3;3*1H3;. The molecule has 2 aromatic rings. The molecule has 0 spiro atoms. The molecule has 0 radical (unpaired) electrons. The Labute approximate surface area is 127 Å². The van der Waals surface area contributed by atoms with Crippen LogP contribution in [0.4, 0.5) is 8.78 Å². The van der Waals surface area contributed by atoms with Crippen LogP contribution in [0.2, 0.25) is 14.8 Å². The number of halogens is 2. The summed E-state index contributed by atoms with van der Waals surface area (Å²) in [5, 5.41) is 0. The van der Waals surface area contributed by atoms with E-state index in [1.54, 1.807) is 6.07 Å². The van der Waals surface area contributed by atoms with Crippen LogP contribution in [0, 0.1) is 11.6 Å². The van der Waals surface area contributed by atoms with Crippen molar-refractivity contribution in [2.24, 2.45) is 7.05 Å². The Kier molecular flexibility index (Phi) is 4.56. The second kappa shape index (κ2) is 5.91. The molecule has 2 nitrogen and oxygen atoms in total. The molecule has 1 heterocycles. The maximum absolute atomic E-state index is 13.6. The predicted molar refractivity (Wildman–Crippen MR) is 82.8 cm³/mol. The van der Waals surface area contributed by atoms with Gasteiger partial charge in [-0.2, -0.15) is 0 Å². The van der Waals surface area contributed by atoms with E-state index in [4.69, 9.17) is 0 Å². The molecule has 0 saturated carbocycles. The second-order valence-corrected chi connectivity index (χ2v) is 20.5. The van der Waals surface area contributed by atoms with E-state index in [-0.39, 0.29) is 17.8 Å². The van der Waals surface area contributed by atoms with Crippen LogP contribution in [0.25, 0.3) is 0 Å². The van der Waals surface area contributed by atoms with E-state index in [2.05, 4.69) is 14.8 Å². The summed E-state index contributed by atoms with van der Waals surface area (Å²) in [6.45, 7) is 0. The van der Waals surface area contributed by atoms with Crippen LogP contribution in [0.3, 0.4) is 0 Å². The molecule has 0 unspecified atom stereocenters. The van der Waals surface area contributed by atoms with Gasteiger partial charge in [-0.25, -0.2) is 0 Å². The normalized spacial score (nSPS) is 11.7. The molecule has 1 aromatic heterocycles. The second-order valence-electron chi connectivity index (χ2n) is 6.21. The van der Waals surface area contributed by atoms with Gasteiger partial charge >= 0.3 is 128 Å². The zero-order chi connectivity index (χ0) is 15.8. The molecule has 1 aromatic carbocycles. The Morgan fingerprint density at radius 1 is 1.10 bits per heavy atom. The number of nitrogens with zero attached hydrogens (tertiary/aromatic N) is 1. The first-order chi connectivity index (χ1) is 9.71. The molecule has 5 heteroatoms. The average Bonchev–Trinajstić information content (AvgIpc) is 2.75. The maximum atomic E-state index is 13.6. The molecule has 0 bridgehead atoms. The summed E-state index contributed by atoms with van der Waals surface area (Å²) in [6, 6.07) is 7.38. The fourth-order valence-electron chi connectivity index (χ4n) is 2.50. The zero-order valence-electron chi connectivity index (χ0n) is 12.7. The Morgan fingerprint density at radius 3 is 2.14 bits per heavy atom. The number of ketones is 1. The van der Waals surface area contributed by atoms with E-state index in [0.29, 0.717) is 5.69 Å². The third-order valence-electron chi connectivity index (χ3n) is 3.57. The van der Waals surface area contributed by atoms with E-state index < -0.39 is 30.0 Å². The third-order valence-corrected chi connectivity index (χ3v) is 9.39. The van der Waals surface area contributed by atoms with Gasteiger partial charge in [0.1, 0.15) is 0 Å². The Hall–Kier alpha value is -1.17. The van der Waals surface area contributed by atoms with Crippen LogP contribution in [0.15, 0.2) is 30.3 Å². The summed E-state index contributed by atoms with van der Waals surface area (Å²) >= 11 is -2.30. The fourth-order valence-corrected chi connectivity index (χ4v) is 7.38. The van der Waals surface area contributed by atoms with Gasteiger partial charge in [-0.1, -0.05) is 0 Å². The van der Waals surface area contributed by atoms with Gasteiger partial charge in [-0.05, 0) is 0 Å². The Bertz CT molecular complexity index is 666. The molecule has 0 fully saturated rings. The van der Waals surface area contributed by atoms with Crippen LogP contribution >= 0.6 is 0 Å². The Morgan fingerprint density at radius 2 is 1.67 bits per heavy atom. The zero-order valence-corrected chi connectivity index (χ0v) is 15.6. The monoisotopic (exact) mass is 399 g/mol. The number of hydrogen-bond donors (Lipinski definition) is 0. The van der Waals surface area contributed by atoms with Crippen molar-refractivity contribution in [3.63, 3.8) is 0 Å². The summed E-state index contributed by atoms with van der Waals surface area (Å²) < 4.78 is 30.4. The molecular formula is C16H19F2NOSn. The number of aromatic nitrogens is 1. The van der Waals surface area contributed by atoms with E-state index in [9.17, 15) is 13.6 Å². The third kappa shape index (κ3) is 3.36. The molecule has 0 saturated heterocycles. The molecule has 0 aliphatic heterocycles. The van der Waals surface area contributed by atoms with E-state index in [1.807, 2.05) is 17.7 Å². The van der Waals surface area contributed by atoms with Crippen LogP contribution in [-0.2, 0) is 13.5 Å². The first-order valence-electron chi connectivity index (χ1n) is 6.84. The van der Waals surface area contributed by atoms with Gasteiger partial charge in [-0.15, -0.1) is 0 Å². The van der Waals surface area contributed by atoms with Crippen LogP contribution in [0.1, 0.15) is 16.1 Å². The molecule has 112 valence electrons. The summed E-state index contributed by atoms with van der Waals surface area (Å²) in [7, 11) is 1.85. The van der Waals surface area contributed by atoms with Crippen LogP contribution < -0.4 is 3.71 Å². The minimum atomic E-state index is -2.30. The van der Waals surface area contributed by atoms with Crippen LogP contribution in [0.5, 0.6) is 0 Å². The van der Waals surface area contributed by atoms with Crippen molar-refractivity contribution in [1.82, 2.24) is 4.57 Å². The van der Waals surface area contributed by atoms with Gasteiger partial charge in [0, 0.05) is 0 Å². The van der Waals surface area contributed by atoms with Crippen LogP contribution in [-0.4, -0.2) is 28.7 Å². The van der Waals surface area contributed by atoms with Gasteiger partial charge in [-0.3, -0.25) is 0 Å². The number of carbonyl (C=O) groups is 1. The molecule has 0 N–H and O–H groups in total. The molecule has 2 rings (SSSR count). The fraction of sp³-hybridized carbons (Fsp3) is 0.312. The van der Waals surface area contributed by atoms with Crippen molar-refractivity contribution < 1.29 is 13.6 Å². The SMILES string of the molecule is Cn1c(C(=O)Cc2c(F)cccc2F)cc[c]1[Sn]([CH3])([CH3])[CH3]. The number of Topliss-reactive ketones (excluding diaryl/α,β-unsaturated/α-hetero) is 1. The molecule has 21 heavy (non-hydrogen) atoms. The van der Waals surface area contributed by atoms with Gasteiger partial charge in [0.2, 0.25) is 0 Å². The van der Waals surface area contributed by atoms with Gasteiger partial charge in [0.05, 0.1) is 0 Å². The van der Waals surface area contributed by atoms with E-state index >= 15 is 0 Å². The predicted octanol–water partition coefficient (Wildman–Crippen LogP) is 3.27. The van der Waals surface area contributed by atoms with Gasteiger partial charge < -0.3 is 0 Å². The molecule has 0 aliphatic rings. The molecule has 0 aliphatic carbocycles. The topological polar surface area (TPSA) is 22.0 Å². The summed E-state index contributed by atoms with van der Waals surface area (Å²) in [5.41, 5.74) is 0.351.